The molecule has 0 saturated heterocycles. The fourth-order valence-corrected chi connectivity index (χ4v) is 4.10. The highest BCUT2D eigenvalue weighted by Crippen LogP contribution is 2.40. The summed E-state index contributed by atoms with van der Waals surface area (Å²) in [5.74, 6) is 1.44. The van der Waals surface area contributed by atoms with Gasteiger partial charge in [-0.15, -0.1) is 5.10 Å². The molecule has 5 rings (SSSR count). The Kier molecular flexibility index (Phi) is 5.10. The van der Waals surface area contributed by atoms with Crippen LogP contribution in [0.3, 0.4) is 0 Å². The van der Waals surface area contributed by atoms with Crippen LogP contribution in [0.4, 0.5) is 5.82 Å². The maximum Gasteiger partial charge on any atom is 0.272 e. The molecule has 0 bridgehead atoms. The van der Waals surface area contributed by atoms with E-state index in [1.165, 1.54) is 0 Å². The molecular weight excluding hydrogens is 404 g/mol. The average Bonchev–Trinajstić information content (AvgIpc) is 3.16. The summed E-state index contributed by atoms with van der Waals surface area (Å²) in [6.45, 7) is 4.46. The van der Waals surface area contributed by atoms with Crippen LogP contribution in [0.5, 0.6) is 5.75 Å². The number of anilines is 1. The summed E-state index contributed by atoms with van der Waals surface area (Å²) in [4.78, 5) is 17.3. The highest BCUT2D eigenvalue weighted by molar-refractivity contribution is 5.95. The van der Waals surface area contributed by atoms with Gasteiger partial charge in [0, 0.05) is 23.5 Å². The second kappa shape index (κ2) is 8.22. The van der Waals surface area contributed by atoms with Crippen LogP contribution < -0.4 is 10.1 Å². The molecule has 32 heavy (non-hydrogen) atoms. The van der Waals surface area contributed by atoms with E-state index in [0.29, 0.717) is 30.5 Å². The van der Waals surface area contributed by atoms with Gasteiger partial charge >= 0.3 is 0 Å². The quantitative estimate of drug-likeness (QED) is 0.520. The van der Waals surface area contributed by atoms with Crippen molar-refractivity contribution < 1.29 is 9.53 Å². The summed E-state index contributed by atoms with van der Waals surface area (Å²) in [5.41, 5.74) is 4.37. The van der Waals surface area contributed by atoms with Crippen molar-refractivity contribution in [1.29, 1.82) is 0 Å². The topological polar surface area (TPSA) is 94.8 Å². The minimum Gasteiger partial charge on any atom is -0.494 e. The molecule has 8 heteroatoms. The van der Waals surface area contributed by atoms with E-state index in [1.54, 1.807) is 10.9 Å². The van der Waals surface area contributed by atoms with Gasteiger partial charge in [-0.1, -0.05) is 42.5 Å². The van der Waals surface area contributed by atoms with E-state index < -0.39 is 0 Å². The molecule has 1 aliphatic rings. The molecule has 4 aromatic rings. The van der Waals surface area contributed by atoms with Gasteiger partial charge in [0.1, 0.15) is 11.6 Å². The van der Waals surface area contributed by atoms with Gasteiger partial charge in [-0.3, -0.25) is 4.79 Å². The molecule has 0 spiro atoms. The van der Waals surface area contributed by atoms with Crippen LogP contribution in [-0.2, 0) is 4.79 Å². The highest BCUT2D eigenvalue weighted by Gasteiger charge is 2.33. The number of nitrogens with zero attached hydrogens (tertiary/aromatic N) is 5. The van der Waals surface area contributed by atoms with Crippen molar-refractivity contribution in [2.45, 2.75) is 26.2 Å². The first-order valence-electron chi connectivity index (χ1n) is 10.5. The molecule has 3 heterocycles. The van der Waals surface area contributed by atoms with Crippen LogP contribution in [0.2, 0.25) is 0 Å². The third kappa shape index (κ3) is 3.60. The number of fused-ring (bicyclic) bond motifs is 1. The van der Waals surface area contributed by atoms with Gasteiger partial charge in [0.25, 0.3) is 5.95 Å². The largest absolute Gasteiger partial charge is 0.494 e. The number of carbonyl (C=O) groups excluding carboxylic acids is 1. The Morgan fingerprint density at radius 1 is 1.16 bits per heavy atom. The van der Waals surface area contributed by atoms with Gasteiger partial charge in [-0.2, -0.15) is 14.9 Å². The number of hydrogen-bond acceptors (Lipinski definition) is 6. The molecule has 0 saturated carbocycles. The highest BCUT2D eigenvalue weighted by atomic mass is 16.5. The second-order valence-electron chi connectivity index (χ2n) is 7.58. The number of ether oxygens (including phenoxy) is 1. The number of carbonyl (C=O) groups is 1. The Labute approximate surface area is 185 Å². The lowest BCUT2D eigenvalue weighted by Crippen LogP contribution is -2.25. The number of nitrogens with one attached hydrogen (secondary N) is 1. The van der Waals surface area contributed by atoms with Crippen LogP contribution in [0.25, 0.3) is 17.2 Å². The Balaban J connectivity index is 1.60. The molecular formula is C24H22N6O2. The van der Waals surface area contributed by atoms with Gasteiger partial charge in [0.05, 0.1) is 24.2 Å². The third-order valence-electron chi connectivity index (χ3n) is 5.48. The predicted molar refractivity (Wildman–Crippen MR) is 120 cm³/mol. The van der Waals surface area contributed by atoms with Gasteiger partial charge < -0.3 is 10.1 Å². The van der Waals surface area contributed by atoms with Crippen LogP contribution >= 0.6 is 0 Å². The normalized spacial score (nSPS) is 15.2. The SMILES string of the molecule is CCOc1cccc([C@@H]2CC(=O)Nc3c2c(C)nn3-c2nncc(-c3ccccc3)n2)c1. The summed E-state index contributed by atoms with van der Waals surface area (Å²) < 4.78 is 7.23. The van der Waals surface area contributed by atoms with Crippen molar-refractivity contribution in [3.8, 4) is 23.0 Å². The van der Waals surface area contributed by atoms with E-state index in [9.17, 15) is 4.79 Å². The maximum atomic E-state index is 12.7. The molecule has 8 nitrogen and oxygen atoms in total. The predicted octanol–water partition coefficient (Wildman–Crippen LogP) is 3.91. The van der Waals surface area contributed by atoms with Crippen molar-refractivity contribution in [2.75, 3.05) is 11.9 Å². The molecule has 2 aromatic carbocycles. The number of amides is 1. The standard InChI is InChI=1S/C24H22N6O2/c1-3-32-18-11-7-10-17(12-18)19-13-21(31)27-23-22(19)15(2)29-30(23)24-26-20(14-25-28-24)16-8-5-4-6-9-16/h4-12,14,19H,3,13H2,1-2H3,(H,27,31)/t19-/m0/s1. The lowest BCUT2D eigenvalue weighted by Gasteiger charge is -2.24. The van der Waals surface area contributed by atoms with Gasteiger partial charge in [-0.05, 0) is 31.5 Å². The number of aryl methyl sites for hydroxylation is 1. The lowest BCUT2D eigenvalue weighted by molar-refractivity contribution is -0.116. The van der Waals surface area contributed by atoms with Crippen molar-refractivity contribution in [3.05, 3.63) is 77.6 Å². The number of aromatic nitrogens is 5. The van der Waals surface area contributed by atoms with E-state index >= 15 is 0 Å². The summed E-state index contributed by atoms with van der Waals surface area (Å²) in [6, 6.07) is 17.6. The van der Waals surface area contributed by atoms with Crippen LogP contribution in [0.15, 0.2) is 60.8 Å². The van der Waals surface area contributed by atoms with Crippen molar-refractivity contribution in [3.63, 3.8) is 0 Å². The molecule has 0 aliphatic carbocycles. The zero-order valence-electron chi connectivity index (χ0n) is 17.8. The van der Waals surface area contributed by atoms with E-state index in [-0.39, 0.29) is 11.8 Å². The summed E-state index contributed by atoms with van der Waals surface area (Å²) in [7, 11) is 0. The first-order valence-corrected chi connectivity index (χ1v) is 10.5. The van der Waals surface area contributed by atoms with Gasteiger partial charge in [0.2, 0.25) is 5.91 Å². The Morgan fingerprint density at radius 3 is 2.81 bits per heavy atom. The minimum atomic E-state index is -0.141. The molecule has 0 fully saturated rings. The fourth-order valence-electron chi connectivity index (χ4n) is 4.10. The lowest BCUT2D eigenvalue weighted by atomic mass is 9.86. The number of hydrogen-bond donors (Lipinski definition) is 1. The summed E-state index contributed by atoms with van der Waals surface area (Å²) >= 11 is 0. The third-order valence-corrected chi connectivity index (χ3v) is 5.48. The molecule has 0 radical (unpaired) electrons. The van der Waals surface area contributed by atoms with Crippen molar-refractivity contribution in [2.24, 2.45) is 0 Å². The van der Waals surface area contributed by atoms with Gasteiger partial charge in [-0.25, -0.2) is 4.98 Å². The summed E-state index contributed by atoms with van der Waals surface area (Å²) in [6.07, 6.45) is 1.94. The molecule has 1 atom stereocenters. The van der Waals surface area contributed by atoms with E-state index in [0.717, 1.165) is 28.1 Å². The number of benzene rings is 2. The fraction of sp³-hybridized carbons (Fsp3) is 0.208. The van der Waals surface area contributed by atoms with Crippen LogP contribution in [0.1, 0.15) is 36.1 Å². The molecule has 0 unspecified atom stereocenters. The van der Waals surface area contributed by atoms with Crippen molar-refractivity contribution >= 4 is 11.7 Å². The van der Waals surface area contributed by atoms with Crippen LogP contribution in [-0.4, -0.2) is 37.5 Å². The molecule has 2 aromatic heterocycles. The van der Waals surface area contributed by atoms with Gasteiger partial charge in [0.15, 0.2) is 0 Å². The Hall–Kier alpha value is -4.07. The Bertz CT molecular complexity index is 1280. The van der Waals surface area contributed by atoms with E-state index in [1.807, 2.05) is 68.4 Å². The minimum absolute atomic E-state index is 0.0855. The molecule has 1 amide bonds. The second-order valence-corrected chi connectivity index (χ2v) is 7.58. The first kappa shape index (κ1) is 19.9. The number of rotatable bonds is 5. The maximum absolute atomic E-state index is 12.7. The van der Waals surface area contributed by atoms with Crippen LogP contribution in [0, 0.1) is 6.92 Å². The first-order chi connectivity index (χ1) is 15.6. The molecule has 160 valence electrons. The average molecular weight is 426 g/mol. The van der Waals surface area contributed by atoms with E-state index in [4.69, 9.17) is 4.74 Å². The summed E-state index contributed by atoms with van der Waals surface area (Å²) in [5, 5.41) is 15.9. The smallest absolute Gasteiger partial charge is 0.272 e. The zero-order chi connectivity index (χ0) is 22.1. The molecule has 1 aliphatic heterocycles. The Morgan fingerprint density at radius 2 is 2.00 bits per heavy atom. The van der Waals surface area contributed by atoms with Crippen molar-refractivity contribution in [1.82, 2.24) is 25.0 Å². The molecule has 1 N–H and O–H groups in total. The monoisotopic (exact) mass is 426 g/mol. The van der Waals surface area contributed by atoms with E-state index in [2.05, 4.69) is 25.6 Å². The zero-order valence-corrected chi connectivity index (χ0v) is 17.8.